The summed E-state index contributed by atoms with van der Waals surface area (Å²) in [5.74, 6) is 3.06. The van der Waals surface area contributed by atoms with E-state index in [9.17, 15) is 5.11 Å². The van der Waals surface area contributed by atoms with Crippen LogP contribution in [0.15, 0.2) is 30.9 Å². The van der Waals surface area contributed by atoms with Gasteiger partial charge in [-0.2, -0.15) is 0 Å². The van der Waals surface area contributed by atoms with Gasteiger partial charge in [0.05, 0.1) is 5.60 Å². The summed E-state index contributed by atoms with van der Waals surface area (Å²) in [5.41, 5.74) is 2.65. The molecule has 0 unspecified atom stereocenters. The maximum atomic E-state index is 10.9. The normalized spacial score (nSPS) is 40.4. The van der Waals surface area contributed by atoms with Crippen molar-refractivity contribution in [2.75, 3.05) is 6.61 Å². The van der Waals surface area contributed by atoms with Crippen LogP contribution in [0.1, 0.15) is 63.0 Å². The van der Waals surface area contributed by atoms with Crippen molar-refractivity contribution in [1.82, 2.24) is 0 Å². The molecule has 2 nitrogen and oxygen atoms in total. The lowest BCUT2D eigenvalue weighted by Crippen LogP contribution is -2.49. The van der Waals surface area contributed by atoms with Gasteiger partial charge in [0.1, 0.15) is 12.4 Å². The van der Waals surface area contributed by atoms with E-state index in [1.807, 2.05) is 0 Å². The van der Waals surface area contributed by atoms with E-state index < -0.39 is 5.60 Å². The Labute approximate surface area is 145 Å². The van der Waals surface area contributed by atoms with Gasteiger partial charge >= 0.3 is 0 Å². The number of hydrogen-bond donors (Lipinski definition) is 1. The molecule has 0 saturated heterocycles. The van der Waals surface area contributed by atoms with E-state index in [0.29, 0.717) is 18.4 Å². The molecule has 130 valence electrons. The van der Waals surface area contributed by atoms with Crippen LogP contribution in [0, 0.1) is 17.3 Å². The van der Waals surface area contributed by atoms with E-state index in [-0.39, 0.29) is 5.41 Å². The Morgan fingerprint density at radius 2 is 2.08 bits per heavy atom. The van der Waals surface area contributed by atoms with Crippen LogP contribution in [0.25, 0.3) is 0 Å². The van der Waals surface area contributed by atoms with Crippen molar-refractivity contribution in [3.63, 3.8) is 0 Å². The van der Waals surface area contributed by atoms with Gasteiger partial charge in [-0.1, -0.05) is 25.6 Å². The van der Waals surface area contributed by atoms with Crippen molar-refractivity contribution in [2.45, 2.75) is 63.9 Å². The van der Waals surface area contributed by atoms with Crippen LogP contribution in [0.4, 0.5) is 0 Å². The van der Waals surface area contributed by atoms with Gasteiger partial charge in [0.25, 0.3) is 0 Å². The molecule has 0 radical (unpaired) electrons. The summed E-state index contributed by atoms with van der Waals surface area (Å²) in [6.07, 6.45) is 8.74. The van der Waals surface area contributed by atoms with Crippen LogP contribution >= 0.6 is 0 Å². The molecule has 1 aromatic carbocycles. The average molecular weight is 326 g/mol. The summed E-state index contributed by atoms with van der Waals surface area (Å²) >= 11 is 0. The molecular formula is C22H30O2. The standard InChI is InChI=1S/C22H30O2/c1-4-13-24-16-6-8-17-15(14-16)5-7-19-18(17)9-11-21(2)20(19)10-12-22(21,3)23/h4,6,8,14,18-20,23H,1,5,7,9-13H2,2-3H3/t18-,19-,20+,21+,22+/m1/s1. The Bertz CT molecular complexity index is 647. The Morgan fingerprint density at radius 3 is 2.88 bits per heavy atom. The summed E-state index contributed by atoms with van der Waals surface area (Å²) < 4.78 is 5.72. The van der Waals surface area contributed by atoms with Crippen LogP contribution < -0.4 is 4.74 Å². The van der Waals surface area contributed by atoms with Crippen molar-refractivity contribution in [3.8, 4) is 5.75 Å². The number of aliphatic hydroxyl groups is 1. The number of ether oxygens (including phenoxy) is 1. The second kappa shape index (κ2) is 5.62. The maximum absolute atomic E-state index is 10.9. The zero-order valence-electron chi connectivity index (χ0n) is 15.1. The van der Waals surface area contributed by atoms with Crippen molar-refractivity contribution < 1.29 is 9.84 Å². The first-order valence-corrected chi connectivity index (χ1v) is 9.55. The van der Waals surface area contributed by atoms with E-state index in [1.165, 1.54) is 24.8 Å². The molecule has 5 atom stereocenters. The highest BCUT2D eigenvalue weighted by Gasteiger charge is 2.59. The number of aryl methyl sites for hydroxylation is 1. The minimum absolute atomic E-state index is 0.110. The van der Waals surface area contributed by atoms with Crippen LogP contribution in [0.2, 0.25) is 0 Å². The molecule has 1 N–H and O–H groups in total. The van der Waals surface area contributed by atoms with Crippen molar-refractivity contribution >= 4 is 0 Å². The molecule has 4 rings (SSSR count). The van der Waals surface area contributed by atoms with E-state index in [0.717, 1.165) is 30.9 Å². The molecule has 0 amide bonds. The van der Waals surface area contributed by atoms with Crippen molar-refractivity contribution in [2.24, 2.45) is 17.3 Å². The monoisotopic (exact) mass is 326 g/mol. The molecule has 0 bridgehead atoms. The molecule has 0 aliphatic heterocycles. The lowest BCUT2D eigenvalue weighted by Gasteiger charge is -2.52. The Kier molecular flexibility index (Phi) is 3.80. The van der Waals surface area contributed by atoms with Gasteiger partial charge in [-0.3, -0.25) is 0 Å². The van der Waals surface area contributed by atoms with Crippen LogP contribution in [-0.4, -0.2) is 17.3 Å². The Morgan fingerprint density at radius 1 is 1.25 bits per heavy atom. The predicted molar refractivity (Wildman–Crippen MR) is 97.4 cm³/mol. The molecule has 1 aromatic rings. The fraction of sp³-hybridized carbons (Fsp3) is 0.636. The summed E-state index contributed by atoms with van der Waals surface area (Å²) in [6.45, 7) is 8.72. The molecule has 24 heavy (non-hydrogen) atoms. The fourth-order valence-electron chi connectivity index (χ4n) is 6.05. The average Bonchev–Trinajstić information content (AvgIpc) is 2.82. The number of fused-ring (bicyclic) bond motifs is 5. The third-order valence-corrected chi connectivity index (χ3v) is 7.63. The van der Waals surface area contributed by atoms with E-state index >= 15 is 0 Å². The second-order valence-electron chi connectivity index (χ2n) is 8.64. The van der Waals surface area contributed by atoms with E-state index in [4.69, 9.17) is 4.74 Å². The van der Waals surface area contributed by atoms with Crippen LogP contribution in [-0.2, 0) is 6.42 Å². The van der Waals surface area contributed by atoms with Crippen LogP contribution in [0.5, 0.6) is 5.75 Å². The minimum Gasteiger partial charge on any atom is -0.490 e. The molecule has 2 saturated carbocycles. The molecule has 2 fully saturated rings. The van der Waals surface area contributed by atoms with Gasteiger partial charge in [0, 0.05) is 0 Å². The quantitative estimate of drug-likeness (QED) is 0.804. The van der Waals surface area contributed by atoms with Gasteiger partial charge in [0.15, 0.2) is 0 Å². The fourth-order valence-corrected chi connectivity index (χ4v) is 6.05. The summed E-state index contributed by atoms with van der Waals surface area (Å²) in [5, 5.41) is 10.9. The van der Waals surface area contributed by atoms with Crippen molar-refractivity contribution in [1.29, 1.82) is 0 Å². The first-order chi connectivity index (χ1) is 11.5. The van der Waals surface area contributed by atoms with Gasteiger partial charge in [-0.25, -0.2) is 0 Å². The smallest absolute Gasteiger partial charge is 0.120 e. The van der Waals surface area contributed by atoms with Gasteiger partial charge in [-0.15, -0.1) is 0 Å². The highest BCUT2D eigenvalue weighted by atomic mass is 16.5. The highest BCUT2D eigenvalue weighted by Crippen LogP contribution is 2.64. The molecule has 3 aliphatic rings. The Hall–Kier alpha value is -1.28. The number of hydrogen-bond acceptors (Lipinski definition) is 2. The summed E-state index contributed by atoms with van der Waals surface area (Å²) in [7, 11) is 0. The zero-order valence-corrected chi connectivity index (χ0v) is 15.1. The maximum Gasteiger partial charge on any atom is 0.120 e. The third kappa shape index (κ3) is 2.26. The SMILES string of the molecule is C=CCOc1ccc2c(c1)CC[C@@H]1[C@@H]2CC[C@@]2(C)[C@H]1CC[C@]2(C)O. The van der Waals surface area contributed by atoms with E-state index in [2.05, 4.69) is 38.6 Å². The highest BCUT2D eigenvalue weighted by molar-refractivity contribution is 5.41. The molecular weight excluding hydrogens is 296 g/mol. The van der Waals surface area contributed by atoms with Gasteiger partial charge in [0.2, 0.25) is 0 Å². The number of benzene rings is 1. The molecule has 2 heteroatoms. The largest absolute Gasteiger partial charge is 0.490 e. The lowest BCUT2D eigenvalue weighted by atomic mass is 9.53. The van der Waals surface area contributed by atoms with Crippen LogP contribution in [0.3, 0.4) is 0 Å². The minimum atomic E-state index is -0.481. The molecule has 0 heterocycles. The zero-order chi connectivity index (χ0) is 16.9. The van der Waals surface area contributed by atoms with E-state index in [1.54, 1.807) is 11.6 Å². The van der Waals surface area contributed by atoms with Crippen molar-refractivity contribution in [3.05, 3.63) is 42.0 Å². The first kappa shape index (κ1) is 16.2. The molecule has 0 aromatic heterocycles. The lowest BCUT2D eigenvalue weighted by molar-refractivity contribution is -0.0901. The van der Waals surface area contributed by atoms with Gasteiger partial charge in [-0.05, 0) is 91.9 Å². The second-order valence-corrected chi connectivity index (χ2v) is 8.64. The molecule has 0 spiro atoms. The first-order valence-electron chi connectivity index (χ1n) is 9.55. The summed E-state index contributed by atoms with van der Waals surface area (Å²) in [4.78, 5) is 0. The summed E-state index contributed by atoms with van der Waals surface area (Å²) in [6, 6.07) is 6.68. The predicted octanol–water partition coefficient (Wildman–Crippen LogP) is 4.86. The topological polar surface area (TPSA) is 29.5 Å². The number of rotatable bonds is 3. The Balaban J connectivity index is 1.62. The molecule has 3 aliphatic carbocycles. The third-order valence-electron chi connectivity index (χ3n) is 7.63. The van der Waals surface area contributed by atoms with Gasteiger partial charge < -0.3 is 9.84 Å².